The topological polar surface area (TPSA) is 63.6 Å². The lowest BCUT2D eigenvalue weighted by molar-refractivity contribution is -0.143. The van der Waals surface area contributed by atoms with E-state index < -0.39 is 0 Å². The van der Waals surface area contributed by atoms with Crippen molar-refractivity contribution in [3.63, 3.8) is 0 Å². The molecule has 0 aromatic heterocycles. The predicted octanol–water partition coefficient (Wildman–Crippen LogP) is 4.83. The Balaban J connectivity index is 1.50. The third-order valence-corrected chi connectivity index (χ3v) is 7.82. The molecule has 1 saturated heterocycles. The minimum Gasteiger partial charge on any atom is -0.493 e. The number of methoxy groups -OCH3 is 1. The summed E-state index contributed by atoms with van der Waals surface area (Å²) in [6, 6.07) is 10.7. The molecule has 3 aliphatic rings. The van der Waals surface area contributed by atoms with Gasteiger partial charge in [0.05, 0.1) is 25.0 Å². The van der Waals surface area contributed by atoms with Gasteiger partial charge in [-0.1, -0.05) is 12.1 Å². The molecule has 3 aliphatic heterocycles. The minimum absolute atomic E-state index is 0.189. The van der Waals surface area contributed by atoms with Gasteiger partial charge in [-0.3, -0.25) is 9.79 Å². The fourth-order valence-electron chi connectivity index (χ4n) is 5.30. The Hall–Kier alpha value is -2.71. The first kappa shape index (κ1) is 25.0. The maximum atomic E-state index is 11.9. The number of carbonyl (C=O) groups excluding carboxylic acids is 1. The Labute approximate surface area is 218 Å². The van der Waals surface area contributed by atoms with E-state index in [0.29, 0.717) is 6.61 Å². The number of fused-ring (bicyclic) bond motifs is 3. The molecular formula is C28H35N3O4S. The summed E-state index contributed by atoms with van der Waals surface area (Å²) in [5.74, 6) is 1.45. The smallest absolute Gasteiger partial charge is 0.321 e. The fraction of sp³-hybridized carbons (Fsp3) is 0.500. The van der Waals surface area contributed by atoms with Crippen LogP contribution in [0.1, 0.15) is 56.9 Å². The van der Waals surface area contributed by atoms with E-state index in [1.807, 2.05) is 11.2 Å². The Bertz CT molecular complexity index is 1220. The Morgan fingerprint density at radius 2 is 1.97 bits per heavy atom. The molecule has 0 aliphatic carbocycles. The molecule has 0 saturated carbocycles. The summed E-state index contributed by atoms with van der Waals surface area (Å²) in [5.41, 5.74) is 6.29. The summed E-state index contributed by atoms with van der Waals surface area (Å²) in [5, 5.41) is 0. The first-order chi connectivity index (χ1) is 17.1. The monoisotopic (exact) mass is 509 g/mol. The molecule has 2 aromatic rings. The highest BCUT2D eigenvalue weighted by Gasteiger charge is 2.39. The van der Waals surface area contributed by atoms with E-state index in [1.165, 1.54) is 16.7 Å². The number of carbonyl (C=O) groups is 1. The van der Waals surface area contributed by atoms with Gasteiger partial charge < -0.3 is 18.5 Å². The van der Waals surface area contributed by atoms with Crippen molar-refractivity contribution in [3.8, 4) is 11.5 Å². The number of ether oxygens (including phenoxy) is 3. The molecule has 5 rings (SSSR count). The lowest BCUT2D eigenvalue weighted by atomic mass is 9.81. The van der Waals surface area contributed by atoms with Gasteiger partial charge in [0.1, 0.15) is 12.1 Å². The number of nitrogens with zero attached hydrogens (tertiary/aromatic N) is 3. The van der Waals surface area contributed by atoms with Gasteiger partial charge in [0, 0.05) is 54.0 Å². The zero-order chi connectivity index (χ0) is 25.7. The summed E-state index contributed by atoms with van der Waals surface area (Å²) in [6.45, 7) is 12.8. The van der Waals surface area contributed by atoms with Crippen molar-refractivity contribution in [3.05, 3.63) is 52.6 Å². The highest BCUT2D eigenvalue weighted by atomic mass is 32.2. The standard InChI is InChI=1S/C28H35N3O4S/c1-7-34-23(32)17-30-11-12-31(36-30)20-10-8-9-18(13-20)25-24-19(15-27(2,3)29-25)14-22(33-6)26-21(24)16-28(4,5)35-26/h8-10,13-14H,7,11-12,15-17H2,1-6H3. The molecule has 8 heteroatoms. The average molecular weight is 510 g/mol. The van der Waals surface area contributed by atoms with E-state index in [0.717, 1.165) is 54.4 Å². The fourth-order valence-corrected chi connectivity index (χ4v) is 6.27. The van der Waals surface area contributed by atoms with Gasteiger partial charge in [-0.25, -0.2) is 4.31 Å². The zero-order valence-corrected chi connectivity index (χ0v) is 22.8. The normalized spacial score (nSPS) is 19.8. The Morgan fingerprint density at radius 3 is 2.72 bits per heavy atom. The lowest BCUT2D eigenvalue weighted by Crippen LogP contribution is -2.30. The summed E-state index contributed by atoms with van der Waals surface area (Å²) in [4.78, 5) is 17.2. The molecule has 0 N–H and O–H groups in total. The van der Waals surface area contributed by atoms with Crippen molar-refractivity contribution >= 4 is 29.5 Å². The number of hydrogen-bond donors (Lipinski definition) is 0. The van der Waals surface area contributed by atoms with Gasteiger partial charge in [-0.2, -0.15) is 0 Å². The number of rotatable bonds is 6. The molecule has 7 nitrogen and oxygen atoms in total. The van der Waals surface area contributed by atoms with Crippen LogP contribution in [0.4, 0.5) is 5.69 Å². The molecule has 0 unspecified atom stereocenters. The number of hydrogen-bond acceptors (Lipinski definition) is 8. The third-order valence-electron chi connectivity index (χ3n) is 6.69. The van der Waals surface area contributed by atoms with Gasteiger partial charge in [-0.15, -0.1) is 0 Å². The first-order valence-corrected chi connectivity index (χ1v) is 13.3. The van der Waals surface area contributed by atoms with Gasteiger partial charge in [0.25, 0.3) is 0 Å². The zero-order valence-electron chi connectivity index (χ0n) is 22.0. The van der Waals surface area contributed by atoms with Crippen molar-refractivity contribution in [2.45, 2.75) is 58.6 Å². The van der Waals surface area contributed by atoms with Crippen LogP contribution in [0.3, 0.4) is 0 Å². The van der Waals surface area contributed by atoms with Gasteiger partial charge in [0.2, 0.25) is 0 Å². The molecule has 0 spiro atoms. The first-order valence-electron chi connectivity index (χ1n) is 12.6. The second kappa shape index (κ2) is 9.30. The van der Waals surface area contributed by atoms with Crippen molar-refractivity contribution in [1.29, 1.82) is 0 Å². The maximum absolute atomic E-state index is 11.9. The van der Waals surface area contributed by atoms with Crippen molar-refractivity contribution in [2.75, 3.05) is 37.7 Å². The van der Waals surface area contributed by atoms with Crippen LogP contribution in [0.25, 0.3) is 0 Å². The van der Waals surface area contributed by atoms with E-state index in [2.05, 4.69) is 62.3 Å². The van der Waals surface area contributed by atoms with Gasteiger partial charge in [0.15, 0.2) is 11.5 Å². The summed E-state index contributed by atoms with van der Waals surface area (Å²) in [7, 11) is 1.71. The van der Waals surface area contributed by atoms with Crippen LogP contribution in [0.15, 0.2) is 35.3 Å². The SMILES string of the molecule is CCOC(=O)CN1CCN(c2cccc(C3=NC(C)(C)Cc4cc(OC)c5c(c43)CC(C)(C)O5)c2)S1. The van der Waals surface area contributed by atoms with E-state index >= 15 is 0 Å². The number of aliphatic imine (C=N–C) groups is 1. The minimum atomic E-state index is -0.292. The van der Waals surface area contributed by atoms with E-state index in [-0.39, 0.29) is 23.7 Å². The lowest BCUT2D eigenvalue weighted by Gasteiger charge is -2.31. The molecule has 36 heavy (non-hydrogen) atoms. The molecule has 0 bridgehead atoms. The molecule has 3 heterocycles. The van der Waals surface area contributed by atoms with Crippen LogP contribution in [-0.4, -0.2) is 60.5 Å². The second-order valence-electron chi connectivity index (χ2n) is 10.8. The number of esters is 1. The maximum Gasteiger partial charge on any atom is 0.321 e. The molecule has 2 aromatic carbocycles. The third kappa shape index (κ3) is 4.81. The van der Waals surface area contributed by atoms with Gasteiger partial charge in [-0.05, 0) is 64.8 Å². The van der Waals surface area contributed by atoms with Crippen LogP contribution < -0.4 is 13.8 Å². The van der Waals surface area contributed by atoms with Crippen LogP contribution >= 0.6 is 12.1 Å². The van der Waals surface area contributed by atoms with Crippen molar-refractivity contribution in [1.82, 2.24) is 4.31 Å². The molecule has 0 atom stereocenters. The summed E-state index contributed by atoms with van der Waals surface area (Å²) >= 11 is 1.57. The average Bonchev–Trinajstić information content (AvgIpc) is 3.40. The Kier molecular flexibility index (Phi) is 6.45. The largest absolute Gasteiger partial charge is 0.493 e. The quantitative estimate of drug-likeness (QED) is 0.408. The van der Waals surface area contributed by atoms with Crippen LogP contribution in [-0.2, 0) is 22.4 Å². The number of benzene rings is 2. The molecule has 0 amide bonds. The molecule has 0 radical (unpaired) electrons. The van der Waals surface area contributed by atoms with E-state index in [4.69, 9.17) is 19.2 Å². The van der Waals surface area contributed by atoms with E-state index in [9.17, 15) is 4.79 Å². The summed E-state index contributed by atoms with van der Waals surface area (Å²) < 4.78 is 21.5. The summed E-state index contributed by atoms with van der Waals surface area (Å²) in [6.07, 6.45) is 1.66. The highest BCUT2D eigenvalue weighted by Crippen LogP contribution is 2.48. The van der Waals surface area contributed by atoms with Crippen molar-refractivity contribution in [2.24, 2.45) is 4.99 Å². The van der Waals surface area contributed by atoms with Crippen LogP contribution in [0.2, 0.25) is 0 Å². The molecule has 192 valence electrons. The highest BCUT2D eigenvalue weighted by molar-refractivity contribution is 7.98. The number of anilines is 1. The van der Waals surface area contributed by atoms with Crippen LogP contribution in [0.5, 0.6) is 11.5 Å². The second-order valence-corrected chi connectivity index (χ2v) is 11.9. The van der Waals surface area contributed by atoms with Crippen molar-refractivity contribution < 1.29 is 19.0 Å². The molecule has 1 fully saturated rings. The Morgan fingerprint density at radius 1 is 1.17 bits per heavy atom. The predicted molar refractivity (Wildman–Crippen MR) is 144 cm³/mol. The van der Waals surface area contributed by atoms with Gasteiger partial charge >= 0.3 is 5.97 Å². The molecular weight excluding hydrogens is 474 g/mol. The van der Waals surface area contributed by atoms with Crippen LogP contribution in [0, 0.1) is 0 Å². The van der Waals surface area contributed by atoms with E-state index in [1.54, 1.807) is 19.2 Å².